The lowest BCUT2D eigenvalue weighted by atomic mass is 9.95. The number of Topliss-reactive ketones (excluding diaryl/α,β-unsaturated/α-hetero) is 1. The fourth-order valence-corrected chi connectivity index (χ4v) is 4.08. The molecule has 32 heavy (non-hydrogen) atoms. The number of benzene rings is 2. The summed E-state index contributed by atoms with van der Waals surface area (Å²) in [6.07, 6.45) is 4.02. The van der Waals surface area contributed by atoms with Crippen LogP contribution in [0.2, 0.25) is 0 Å². The Morgan fingerprint density at radius 1 is 1.00 bits per heavy atom. The van der Waals surface area contributed by atoms with Gasteiger partial charge >= 0.3 is 0 Å². The molecule has 0 fully saturated rings. The monoisotopic (exact) mass is 426 g/mol. The summed E-state index contributed by atoms with van der Waals surface area (Å²) in [5.41, 5.74) is 6.25. The molecule has 0 atom stereocenters. The Hall–Kier alpha value is -3.93. The maximum Gasteiger partial charge on any atom is 0.166 e. The number of anilines is 3. The molecule has 0 radical (unpaired) electrons. The minimum Gasteiger partial charge on any atom is -0.366 e. The van der Waals surface area contributed by atoms with E-state index in [-0.39, 0.29) is 11.6 Å². The van der Waals surface area contributed by atoms with E-state index < -0.39 is 0 Å². The van der Waals surface area contributed by atoms with Gasteiger partial charge in [-0.15, -0.1) is 0 Å². The van der Waals surface area contributed by atoms with E-state index in [9.17, 15) is 9.18 Å². The summed E-state index contributed by atoms with van der Waals surface area (Å²) in [7, 11) is 0. The second-order valence-electron chi connectivity index (χ2n) is 7.91. The van der Waals surface area contributed by atoms with E-state index >= 15 is 0 Å². The number of rotatable bonds is 6. The quantitative estimate of drug-likeness (QED) is 0.349. The predicted molar refractivity (Wildman–Crippen MR) is 125 cm³/mol. The van der Waals surface area contributed by atoms with Crippen molar-refractivity contribution in [3.05, 3.63) is 95.6 Å². The van der Waals surface area contributed by atoms with Crippen molar-refractivity contribution in [2.24, 2.45) is 0 Å². The average Bonchev–Trinajstić information content (AvgIpc) is 3.19. The molecule has 2 heterocycles. The number of nitrogens with one attached hydrogen (secondary N) is 3. The number of hydrogen-bond donors (Lipinski definition) is 3. The number of carbonyl (C=O) groups is 1. The third kappa shape index (κ3) is 4.12. The van der Waals surface area contributed by atoms with Crippen molar-refractivity contribution < 1.29 is 9.18 Å². The summed E-state index contributed by atoms with van der Waals surface area (Å²) in [5, 5.41) is 6.76. The molecule has 0 spiro atoms. The number of aromatic amines is 1. The second kappa shape index (κ2) is 8.67. The zero-order valence-corrected chi connectivity index (χ0v) is 17.5. The van der Waals surface area contributed by atoms with Crippen molar-refractivity contribution in [3.63, 3.8) is 0 Å². The Kier molecular flexibility index (Phi) is 5.42. The van der Waals surface area contributed by atoms with Gasteiger partial charge in [-0.3, -0.25) is 4.79 Å². The smallest absolute Gasteiger partial charge is 0.166 e. The van der Waals surface area contributed by atoms with Gasteiger partial charge in [0, 0.05) is 36.1 Å². The van der Waals surface area contributed by atoms with Crippen LogP contribution in [-0.4, -0.2) is 15.8 Å². The first-order chi connectivity index (χ1) is 15.7. The molecule has 2 aromatic carbocycles. The van der Waals surface area contributed by atoms with E-state index in [2.05, 4.69) is 20.6 Å². The lowest BCUT2D eigenvalue weighted by Gasteiger charge is -2.14. The molecule has 0 amide bonds. The highest BCUT2D eigenvalue weighted by Crippen LogP contribution is 2.39. The molecule has 0 bridgehead atoms. The molecule has 2 aromatic heterocycles. The number of nitrogens with zero attached hydrogens (tertiary/aromatic N) is 1. The summed E-state index contributed by atoms with van der Waals surface area (Å²) in [6.45, 7) is 0.533. The standard InChI is InChI=1S/C26H23FN4O/c27-19-11-9-17(10-12-19)16-29-23-15-18(13-14-28-23)25-26(30-20-5-2-1-3-6-20)24-21(31-25)7-4-8-22(24)32/h1-3,5-6,9-15,30-31H,4,7-8,16H2,(H,28,29). The molecular weight excluding hydrogens is 403 g/mol. The van der Waals surface area contributed by atoms with Crippen molar-refractivity contribution in [1.82, 2.24) is 9.97 Å². The molecule has 3 N–H and O–H groups in total. The van der Waals surface area contributed by atoms with Crippen molar-refractivity contribution in [2.45, 2.75) is 25.8 Å². The molecular formula is C26H23FN4O. The van der Waals surface area contributed by atoms with E-state index in [1.165, 1.54) is 12.1 Å². The molecule has 0 aliphatic heterocycles. The molecule has 0 saturated carbocycles. The van der Waals surface area contributed by atoms with Crippen LogP contribution in [0.5, 0.6) is 0 Å². The first kappa shape index (κ1) is 20.0. The van der Waals surface area contributed by atoms with Crippen molar-refractivity contribution in [3.8, 4) is 11.3 Å². The summed E-state index contributed by atoms with van der Waals surface area (Å²) in [4.78, 5) is 20.7. The Balaban J connectivity index is 1.48. The maximum absolute atomic E-state index is 13.1. The summed E-state index contributed by atoms with van der Waals surface area (Å²) in [5.74, 6) is 0.616. The highest BCUT2D eigenvalue weighted by molar-refractivity contribution is 6.07. The molecule has 1 aliphatic rings. The molecule has 5 nitrogen and oxygen atoms in total. The third-order valence-corrected chi connectivity index (χ3v) is 5.67. The van der Waals surface area contributed by atoms with Crippen molar-refractivity contribution in [2.75, 3.05) is 10.6 Å². The van der Waals surface area contributed by atoms with Gasteiger partial charge in [0.2, 0.25) is 0 Å². The summed E-state index contributed by atoms with van der Waals surface area (Å²) in [6, 6.07) is 20.1. The normalized spacial score (nSPS) is 13.0. The maximum atomic E-state index is 13.1. The van der Waals surface area contributed by atoms with Gasteiger partial charge in [-0.25, -0.2) is 9.37 Å². The van der Waals surface area contributed by atoms with Gasteiger partial charge in [0.15, 0.2) is 5.78 Å². The Morgan fingerprint density at radius 3 is 2.62 bits per heavy atom. The highest BCUT2D eigenvalue weighted by Gasteiger charge is 2.27. The molecule has 5 rings (SSSR count). The lowest BCUT2D eigenvalue weighted by molar-refractivity contribution is 0.0973. The number of aromatic nitrogens is 2. The van der Waals surface area contributed by atoms with E-state index in [4.69, 9.17) is 0 Å². The minimum atomic E-state index is -0.252. The van der Waals surface area contributed by atoms with Crippen LogP contribution in [0.15, 0.2) is 72.9 Å². The highest BCUT2D eigenvalue weighted by atomic mass is 19.1. The summed E-state index contributed by atoms with van der Waals surface area (Å²) < 4.78 is 13.1. The number of para-hydroxylation sites is 1. The molecule has 6 heteroatoms. The Morgan fingerprint density at radius 2 is 1.81 bits per heavy atom. The lowest BCUT2D eigenvalue weighted by Crippen LogP contribution is -2.10. The predicted octanol–water partition coefficient (Wildman–Crippen LogP) is 6.09. The van der Waals surface area contributed by atoms with Gasteiger partial charge in [-0.1, -0.05) is 30.3 Å². The van der Waals surface area contributed by atoms with Gasteiger partial charge in [0.05, 0.1) is 16.9 Å². The SMILES string of the molecule is O=C1CCCc2[nH]c(-c3ccnc(NCc4ccc(F)cc4)c3)c(Nc3ccccc3)c21. The van der Waals surface area contributed by atoms with Crippen LogP contribution in [0.25, 0.3) is 11.3 Å². The topological polar surface area (TPSA) is 69.8 Å². The number of hydrogen-bond acceptors (Lipinski definition) is 4. The van der Waals surface area contributed by atoms with E-state index in [0.29, 0.717) is 18.8 Å². The van der Waals surface area contributed by atoms with E-state index in [1.54, 1.807) is 18.3 Å². The van der Waals surface area contributed by atoms with E-state index in [1.807, 2.05) is 42.5 Å². The number of H-pyrrole nitrogens is 1. The average molecular weight is 426 g/mol. The first-order valence-corrected chi connectivity index (χ1v) is 10.7. The number of carbonyl (C=O) groups excluding carboxylic acids is 1. The van der Waals surface area contributed by atoms with Crippen LogP contribution >= 0.6 is 0 Å². The fourth-order valence-electron chi connectivity index (χ4n) is 4.08. The van der Waals surface area contributed by atoms with Crippen LogP contribution < -0.4 is 10.6 Å². The van der Waals surface area contributed by atoms with Crippen LogP contribution in [0, 0.1) is 5.82 Å². The van der Waals surface area contributed by atoms with Crippen molar-refractivity contribution >= 4 is 23.0 Å². The van der Waals surface area contributed by atoms with Gasteiger partial charge < -0.3 is 15.6 Å². The van der Waals surface area contributed by atoms with Gasteiger partial charge in [-0.2, -0.15) is 0 Å². The number of pyridine rings is 1. The minimum absolute atomic E-state index is 0.163. The molecule has 0 unspecified atom stereocenters. The number of ketones is 1. The second-order valence-corrected chi connectivity index (χ2v) is 7.91. The first-order valence-electron chi connectivity index (χ1n) is 10.7. The van der Waals surface area contributed by atoms with Gasteiger partial charge in [-0.05, 0) is 54.8 Å². The van der Waals surface area contributed by atoms with Crippen LogP contribution in [0.1, 0.15) is 34.5 Å². The molecule has 1 aliphatic carbocycles. The Bertz CT molecular complexity index is 1250. The zero-order chi connectivity index (χ0) is 21.9. The molecule has 4 aromatic rings. The fraction of sp³-hybridized carbons (Fsp3) is 0.154. The van der Waals surface area contributed by atoms with Crippen molar-refractivity contribution in [1.29, 1.82) is 0 Å². The summed E-state index contributed by atoms with van der Waals surface area (Å²) >= 11 is 0. The Labute approximate surface area is 185 Å². The van der Waals surface area contributed by atoms with Crippen LogP contribution in [-0.2, 0) is 13.0 Å². The van der Waals surface area contributed by atoms with Gasteiger partial charge in [0.25, 0.3) is 0 Å². The van der Waals surface area contributed by atoms with Gasteiger partial charge in [0.1, 0.15) is 11.6 Å². The van der Waals surface area contributed by atoms with Crippen LogP contribution in [0.3, 0.4) is 0 Å². The zero-order valence-electron chi connectivity index (χ0n) is 17.5. The number of aryl methyl sites for hydroxylation is 1. The van der Waals surface area contributed by atoms with E-state index in [0.717, 1.165) is 52.3 Å². The van der Waals surface area contributed by atoms with Crippen LogP contribution in [0.4, 0.5) is 21.6 Å². The third-order valence-electron chi connectivity index (χ3n) is 5.67. The molecule has 160 valence electrons. The largest absolute Gasteiger partial charge is 0.366 e. The number of fused-ring (bicyclic) bond motifs is 1. The molecule has 0 saturated heterocycles. The number of halogens is 1.